The first-order chi connectivity index (χ1) is 11.7. The van der Waals surface area contributed by atoms with Crippen molar-refractivity contribution >= 4 is 23.3 Å². The average molecular weight is 325 g/mol. The van der Waals surface area contributed by atoms with Crippen LogP contribution in [0.1, 0.15) is 30.9 Å². The third-order valence-electron chi connectivity index (χ3n) is 4.58. The SMILES string of the molecule is O=C1CN(C(=O)Nc2cnn(C3CCC3)c2)Cc2ccccc2N1. The number of anilines is 2. The molecule has 0 radical (unpaired) electrons. The Balaban J connectivity index is 1.47. The number of amides is 3. The minimum absolute atomic E-state index is 0.0251. The summed E-state index contributed by atoms with van der Waals surface area (Å²) in [4.78, 5) is 26.0. The van der Waals surface area contributed by atoms with E-state index in [9.17, 15) is 9.59 Å². The Morgan fingerprint density at radius 2 is 2.08 bits per heavy atom. The molecule has 0 bridgehead atoms. The van der Waals surface area contributed by atoms with Crippen molar-refractivity contribution in [2.75, 3.05) is 17.2 Å². The summed E-state index contributed by atoms with van der Waals surface area (Å²) >= 11 is 0. The molecule has 0 saturated heterocycles. The molecule has 4 rings (SSSR count). The van der Waals surface area contributed by atoms with Crippen molar-refractivity contribution < 1.29 is 9.59 Å². The van der Waals surface area contributed by atoms with Gasteiger partial charge in [0.05, 0.1) is 24.5 Å². The maximum absolute atomic E-state index is 12.5. The van der Waals surface area contributed by atoms with Crippen LogP contribution in [0.25, 0.3) is 0 Å². The summed E-state index contributed by atoms with van der Waals surface area (Å²) in [5.74, 6) is -0.194. The summed E-state index contributed by atoms with van der Waals surface area (Å²) in [5.41, 5.74) is 2.34. The van der Waals surface area contributed by atoms with Gasteiger partial charge >= 0.3 is 6.03 Å². The monoisotopic (exact) mass is 325 g/mol. The van der Waals surface area contributed by atoms with Crippen LogP contribution in [-0.2, 0) is 11.3 Å². The molecule has 1 aliphatic heterocycles. The van der Waals surface area contributed by atoms with Crippen molar-refractivity contribution in [3.05, 3.63) is 42.2 Å². The molecule has 1 aromatic carbocycles. The number of nitrogens with one attached hydrogen (secondary N) is 2. The molecule has 1 aliphatic carbocycles. The van der Waals surface area contributed by atoms with Crippen molar-refractivity contribution in [3.8, 4) is 0 Å². The number of aromatic nitrogens is 2. The summed E-state index contributed by atoms with van der Waals surface area (Å²) in [6.45, 7) is 0.411. The van der Waals surface area contributed by atoms with Gasteiger partial charge in [0.25, 0.3) is 0 Å². The molecule has 0 spiro atoms. The Bertz CT molecular complexity index is 781. The van der Waals surface area contributed by atoms with Crippen molar-refractivity contribution in [3.63, 3.8) is 0 Å². The fourth-order valence-corrected chi connectivity index (χ4v) is 3.00. The summed E-state index contributed by atoms with van der Waals surface area (Å²) in [6.07, 6.45) is 7.01. The normalized spacial score (nSPS) is 17.5. The van der Waals surface area contributed by atoms with Gasteiger partial charge in [0.1, 0.15) is 6.54 Å². The second-order valence-electron chi connectivity index (χ2n) is 6.29. The van der Waals surface area contributed by atoms with Crippen LogP contribution >= 0.6 is 0 Å². The van der Waals surface area contributed by atoms with Crippen LogP contribution in [0.4, 0.5) is 16.2 Å². The lowest BCUT2D eigenvalue weighted by Gasteiger charge is -2.25. The highest BCUT2D eigenvalue weighted by Gasteiger charge is 2.24. The highest BCUT2D eigenvalue weighted by atomic mass is 16.2. The minimum Gasteiger partial charge on any atom is -0.324 e. The first-order valence-electron chi connectivity index (χ1n) is 8.17. The largest absolute Gasteiger partial charge is 0.324 e. The van der Waals surface area contributed by atoms with E-state index < -0.39 is 0 Å². The molecular formula is C17H19N5O2. The second-order valence-corrected chi connectivity index (χ2v) is 6.29. The zero-order valence-corrected chi connectivity index (χ0v) is 13.2. The van der Waals surface area contributed by atoms with Crippen molar-refractivity contribution in [2.24, 2.45) is 0 Å². The third kappa shape index (κ3) is 2.84. The fraction of sp³-hybridized carbons (Fsp3) is 0.353. The predicted molar refractivity (Wildman–Crippen MR) is 89.6 cm³/mol. The van der Waals surface area contributed by atoms with Gasteiger partial charge in [-0.25, -0.2) is 4.79 Å². The van der Waals surface area contributed by atoms with Crippen molar-refractivity contribution in [1.82, 2.24) is 14.7 Å². The highest BCUT2D eigenvalue weighted by molar-refractivity contribution is 5.98. The van der Waals surface area contributed by atoms with Crippen LogP contribution in [0.2, 0.25) is 0 Å². The van der Waals surface area contributed by atoms with E-state index >= 15 is 0 Å². The summed E-state index contributed by atoms with van der Waals surface area (Å²) in [7, 11) is 0. The zero-order valence-electron chi connectivity index (χ0n) is 13.2. The topological polar surface area (TPSA) is 79.3 Å². The molecule has 0 atom stereocenters. The van der Waals surface area contributed by atoms with E-state index in [1.165, 1.54) is 11.3 Å². The zero-order chi connectivity index (χ0) is 16.5. The number of para-hydroxylation sites is 1. The molecule has 1 saturated carbocycles. The van der Waals surface area contributed by atoms with E-state index in [-0.39, 0.29) is 18.5 Å². The van der Waals surface area contributed by atoms with Gasteiger partial charge in [0, 0.05) is 11.9 Å². The number of benzene rings is 1. The first-order valence-corrected chi connectivity index (χ1v) is 8.17. The van der Waals surface area contributed by atoms with Gasteiger partial charge in [-0.15, -0.1) is 0 Å². The minimum atomic E-state index is -0.296. The molecule has 7 heteroatoms. The van der Waals surface area contributed by atoms with Crippen LogP contribution < -0.4 is 10.6 Å². The molecule has 0 unspecified atom stereocenters. The van der Waals surface area contributed by atoms with Gasteiger partial charge in [-0.05, 0) is 30.9 Å². The molecule has 2 N–H and O–H groups in total. The maximum atomic E-state index is 12.5. The number of carbonyl (C=O) groups is 2. The summed E-state index contributed by atoms with van der Waals surface area (Å²) < 4.78 is 1.91. The van der Waals surface area contributed by atoms with Gasteiger partial charge in [0.15, 0.2) is 0 Å². The molecule has 24 heavy (non-hydrogen) atoms. The van der Waals surface area contributed by atoms with E-state index in [0.29, 0.717) is 18.3 Å². The molecule has 1 fully saturated rings. The molecule has 2 aliphatic rings. The van der Waals surface area contributed by atoms with Crippen LogP contribution in [0.5, 0.6) is 0 Å². The molecule has 7 nitrogen and oxygen atoms in total. The number of hydrogen-bond donors (Lipinski definition) is 2. The number of rotatable bonds is 2. The van der Waals surface area contributed by atoms with E-state index in [1.54, 1.807) is 6.20 Å². The van der Waals surface area contributed by atoms with E-state index in [0.717, 1.165) is 24.1 Å². The molecule has 1 aromatic heterocycles. The van der Waals surface area contributed by atoms with Gasteiger partial charge in [-0.3, -0.25) is 9.48 Å². The lowest BCUT2D eigenvalue weighted by atomic mass is 9.93. The van der Waals surface area contributed by atoms with E-state index in [2.05, 4.69) is 15.7 Å². The first kappa shape index (κ1) is 14.7. The Labute approximate surface area is 139 Å². The average Bonchev–Trinajstić information content (AvgIpc) is 2.86. The molecular weight excluding hydrogens is 306 g/mol. The Kier molecular flexibility index (Phi) is 3.68. The third-order valence-corrected chi connectivity index (χ3v) is 4.58. The van der Waals surface area contributed by atoms with Crippen LogP contribution in [-0.4, -0.2) is 33.2 Å². The lowest BCUT2D eigenvalue weighted by molar-refractivity contribution is -0.116. The van der Waals surface area contributed by atoms with Crippen LogP contribution in [0.15, 0.2) is 36.7 Å². The van der Waals surface area contributed by atoms with Gasteiger partial charge in [-0.2, -0.15) is 5.10 Å². The van der Waals surface area contributed by atoms with Gasteiger partial charge in [-0.1, -0.05) is 18.2 Å². The Morgan fingerprint density at radius 3 is 2.88 bits per heavy atom. The van der Waals surface area contributed by atoms with Gasteiger partial charge in [0.2, 0.25) is 5.91 Å². The van der Waals surface area contributed by atoms with Crippen molar-refractivity contribution in [1.29, 1.82) is 0 Å². The lowest BCUT2D eigenvalue weighted by Crippen LogP contribution is -2.38. The molecule has 3 amide bonds. The quantitative estimate of drug-likeness (QED) is 0.891. The molecule has 2 aromatic rings. The van der Waals surface area contributed by atoms with E-state index in [4.69, 9.17) is 0 Å². The second kappa shape index (κ2) is 5.99. The fourth-order valence-electron chi connectivity index (χ4n) is 3.00. The number of fused-ring (bicyclic) bond motifs is 1. The predicted octanol–water partition coefficient (Wildman–Crippen LogP) is 2.59. The van der Waals surface area contributed by atoms with Crippen molar-refractivity contribution in [2.45, 2.75) is 31.8 Å². The number of hydrogen-bond acceptors (Lipinski definition) is 3. The van der Waals surface area contributed by atoms with Crippen LogP contribution in [0.3, 0.4) is 0 Å². The molecule has 124 valence electrons. The Hall–Kier alpha value is -2.83. The Morgan fingerprint density at radius 1 is 1.25 bits per heavy atom. The van der Waals surface area contributed by atoms with Gasteiger partial charge < -0.3 is 15.5 Å². The summed E-state index contributed by atoms with van der Waals surface area (Å²) in [6, 6.07) is 7.67. The number of nitrogens with zero attached hydrogens (tertiary/aromatic N) is 3. The smallest absolute Gasteiger partial charge is 0.322 e. The number of urea groups is 1. The summed E-state index contributed by atoms with van der Waals surface area (Å²) in [5, 5.41) is 9.98. The highest BCUT2D eigenvalue weighted by Crippen LogP contribution is 2.31. The maximum Gasteiger partial charge on any atom is 0.322 e. The van der Waals surface area contributed by atoms with E-state index in [1.807, 2.05) is 35.1 Å². The molecule has 2 heterocycles. The van der Waals surface area contributed by atoms with Crippen LogP contribution in [0, 0.1) is 0 Å². The standard InChI is InChI=1S/C17H19N5O2/c23-16-11-21(9-12-4-1-2-7-15(12)20-16)17(24)19-13-8-18-22(10-13)14-5-3-6-14/h1-2,4,7-8,10,14H,3,5-6,9,11H2,(H,19,24)(H,20,23). The number of carbonyl (C=O) groups excluding carboxylic acids is 2.